The third-order valence-electron chi connectivity index (χ3n) is 4.66. The fraction of sp³-hybridized carbons (Fsp3) is 0.688. The molecule has 7 nitrogen and oxygen atoms in total. The first kappa shape index (κ1) is 23.1. The number of carbonyl (C=O) groups is 1. The van der Waals surface area contributed by atoms with E-state index in [1.807, 2.05) is 0 Å². The Hall–Kier alpha value is -1.21. The van der Waals surface area contributed by atoms with Crippen LogP contribution in [0.1, 0.15) is 11.8 Å². The summed E-state index contributed by atoms with van der Waals surface area (Å²) in [5.41, 5.74) is 0. The predicted molar refractivity (Wildman–Crippen MR) is 97.5 cm³/mol. The van der Waals surface area contributed by atoms with Crippen LogP contribution in [0.2, 0.25) is 0 Å². The second-order valence-corrected chi connectivity index (χ2v) is 9.75. The van der Waals surface area contributed by atoms with Gasteiger partial charge in [0.1, 0.15) is 0 Å². The summed E-state index contributed by atoms with van der Waals surface area (Å²) < 4.78 is 63.4. The number of hydrogen-bond acceptors (Lipinski definition) is 6. The predicted octanol–water partition coefficient (Wildman–Crippen LogP) is 1.77. The zero-order chi connectivity index (χ0) is 20.9. The maximum absolute atomic E-state index is 11.6. The second kappa shape index (κ2) is 9.53. The van der Waals surface area contributed by atoms with Gasteiger partial charge in [-0.2, -0.15) is 13.2 Å². The van der Waals surface area contributed by atoms with Crippen LogP contribution in [0.25, 0.3) is 0 Å². The second-order valence-electron chi connectivity index (χ2n) is 6.62. The minimum atomic E-state index is -5.08. The summed E-state index contributed by atoms with van der Waals surface area (Å²) in [5.74, 6) is -1.87. The number of likely N-dealkylation sites (tertiary alicyclic amines) is 1. The van der Waals surface area contributed by atoms with Crippen LogP contribution >= 0.6 is 11.3 Å². The van der Waals surface area contributed by atoms with E-state index in [4.69, 9.17) is 14.6 Å². The van der Waals surface area contributed by atoms with Crippen molar-refractivity contribution in [1.82, 2.24) is 9.62 Å². The maximum Gasteiger partial charge on any atom is 0.490 e. The summed E-state index contributed by atoms with van der Waals surface area (Å²) in [7, 11) is -3.11. The van der Waals surface area contributed by atoms with Crippen molar-refractivity contribution in [3.63, 3.8) is 0 Å². The van der Waals surface area contributed by atoms with Crippen LogP contribution in [-0.2, 0) is 26.1 Å². The lowest BCUT2D eigenvalue weighted by Crippen LogP contribution is -2.34. The van der Waals surface area contributed by atoms with Gasteiger partial charge in [0.15, 0.2) is 0 Å². The van der Waals surface area contributed by atoms with Gasteiger partial charge in [-0.1, -0.05) is 6.07 Å². The van der Waals surface area contributed by atoms with E-state index in [1.54, 1.807) is 18.3 Å². The van der Waals surface area contributed by atoms with Gasteiger partial charge in [-0.3, -0.25) is 4.90 Å². The van der Waals surface area contributed by atoms with Crippen molar-refractivity contribution in [2.45, 2.75) is 25.7 Å². The molecule has 3 heterocycles. The molecule has 160 valence electrons. The number of halogens is 3. The molecule has 0 aromatic carbocycles. The molecular weight excluding hydrogens is 421 g/mol. The van der Waals surface area contributed by atoms with Crippen molar-refractivity contribution in [3.8, 4) is 0 Å². The molecule has 0 radical (unpaired) electrons. The van der Waals surface area contributed by atoms with Crippen LogP contribution in [0.5, 0.6) is 0 Å². The molecule has 0 saturated carbocycles. The van der Waals surface area contributed by atoms with Crippen molar-refractivity contribution >= 4 is 27.3 Å². The highest BCUT2D eigenvalue weighted by Crippen LogP contribution is 2.34. The van der Waals surface area contributed by atoms with E-state index in [9.17, 15) is 21.6 Å². The summed E-state index contributed by atoms with van der Waals surface area (Å²) >= 11 is 1.78. The number of aliphatic carboxylic acids is 1. The molecule has 0 unspecified atom stereocenters. The molecule has 0 spiro atoms. The zero-order valence-corrected chi connectivity index (χ0v) is 16.8. The molecule has 2 aliphatic heterocycles. The normalized spacial score (nSPS) is 25.2. The Labute approximate surface area is 165 Å². The lowest BCUT2D eigenvalue weighted by Gasteiger charge is -2.19. The molecule has 2 fully saturated rings. The third-order valence-corrected chi connectivity index (χ3v) is 6.89. The monoisotopic (exact) mass is 444 g/mol. The third kappa shape index (κ3) is 6.69. The summed E-state index contributed by atoms with van der Waals surface area (Å²) in [6, 6.07) is 4.24. The van der Waals surface area contributed by atoms with Crippen molar-refractivity contribution in [2.24, 2.45) is 11.8 Å². The number of alkyl halides is 3. The quantitative estimate of drug-likeness (QED) is 0.694. The molecule has 2 saturated heterocycles. The Morgan fingerprint density at radius 3 is 2.64 bits per heavy atom. The summed E-state index contributed by atoms with van der Waals surface area (Å²) in [4.78, 5) is 12.7. The molecule has 1 aromatic heterocycles. The highest BCUT2D eigenvalue weighted by Gasteiger charge is 2.43. The van der Waals surface area contributed by atoms with Crippen molar-refractivity contribution in [1.29, 1.82) is 0 Å². The lowest BCUT2D eigenvalue weighted by molar-refractivity contribution is -0.192. The number of sulfonamides is 1. The van der Waals surface area contributed by atoms with Gasteiger partial charge in [0, 0.05) is 42.9 Å². The first-order valence-corrected chi connectivity index (χ1v) is 11.2. The molecule has 2 N–H and O–H groups in total. The Kier molecular flexibility index (Phi) is 7.85. The van der Waals surface area contributed by atoms with Gasteiger partial charge < -0.3 is 9.84 Å². The number of carboxylic acids is 1. The van der Waals surface area contributed by atoms with E-state index < -0.39 is 22.2 Å². The first-order valence-electron chi connectivity index (χ1n) is 8.65. The minimum Gasteiger partial charge on any atom is -0.475 e. The molecule has 0 amide bonds. The molecule has 0 aliphatic carbocycles. The van der Waals surface area contributed by atoms with Crippen LogP contribution in [0.15, 0.2) is 17.5 Å². The van der Waals surface area contributed by atoms with Crippen LogP contribution in [0, 0.1) is 11.8 Å². The van der Waals surface area contributed by atoms with E-state index in [2.05, 4.69) is 27.1 Å². The highest BCUT2D eigenvalue weighted by atomic mass is 32.2. The lowest BCUT2D eigenvalue weighted by atomic mass is 9.93. The molecule has 3 rings (SSSR count). The number of rotatable bonds is 6. The van der Waals surface area contributed by atoms with Gasteiger partial charge in [0.25, 0.3) is 0 Å². The number of thiophene rings is 1. The zero-order valence-electron chi connectivity index (χ0n) is 15.2. The topological polar surface area (TPSA) is 95.9 Å². The Morgan fingerprint density at radius 1 is 1.43 bits per heavy atom. The van der Waals surface area contributed by atoms with Crippen LogP contribution in [0.4, 0.5) is 13.2 Å². The largest absolute Gasteiger partial charge is 0.490 e. The van der Waals surface area contributed by atoms with Gasteiger partial charge in [-0.05, 0) is 18.4 Å². The highest BCUT2D eigenvalue weighted by molar-refractivity contribution is 7.89. The molecule has 28 heavy (non-hydrogen) atoms. The van der Waals surface area contributed by atoms with Gasteiger partial charge in [0.05, 0.1) is 18.5 Å². The van der Waals surface area contributed by atoms with Crippen LogP contribution in [-0.4, -0.2) is 68.7 Å². The summed E-state index contributed by atoms with van der Waals surface area (Å²) in [5, 5.41) is 9.23. The Bertz CT molecular complexity index is 740. The van der Waals surface area contributed by atoms with E-state index >= 15 is 0 Å². The average Bonchev–Trinajstić information content (AvgIpc) is 3.31. The average molecular weight is 444 g/mol. The van der Waals surface area contributed by atoms with E-state index in [1.165, 1.54) is 4.88 Å². The SMILES string of the molecule is CCS(=O)(=O)NC[C@@H]1CO[C@@H]2CN(Cc3cccs3)C[C@H]12.O=C(O)C(F)(F)F. The standard InChI is InChI=1S/C14H22N2O3S2.C2HF3O2/c1-2-21(17,18)15-6-11-10-19-14-9-16(8-13(11)14)7-12-4-3-5-20-12;3-2(4,5)1(6)7/h3-5,11,13-15H,2,6-10H2,1H3;(H,6,7)/t11-,13-,14-;/m1./s1. The minimum absolute atomic E-state index is 0.138. The number of fused-ring (bicyclic) bond motifs is 1. The van der Waals surface area contributed by atoms with Crippen LogP contribution in [0.3, 0.4) is 0 Å². The molecule has 2 aliphatic rings. The van der Waals surface area contributed by atoms with Gasteiger partial charge >= 0.3 is 12.1 Å². The maximum atomic E-state index is 11.6. The number of nitrogens with zero attached hydrogens (tertiary/aromatic N) is 1. The summed E-state index contributed by atoms with van der Waals surface area (Å²) in [6.07, 6.45) is -4.82. The first-order chi connectivity index (χ1) is 13.0. The van der Waals surface area contributed by atoms with E-state index in [0.717, 1.165) is 19.6 Å². The van der Waals surface area contributed by atoms with Crippen LogP contribution < -0.4 is 4.72 Å². The van der Waals surface area contributed by atoms with Crippen molar-refractivity contribution in [3.05, 3.63) is 22.4 Å². The van der Waals surface area contributed by atoms with Gasteiger partial charge in [-0.25, -0.2) is 17.9 Å². The molecule has 1 aromatic rings. The number of nitrogens with one attached hydrogen (secondary N) is 1. The fourth-order valence-electron chi connectivity index (χ4n) is 3.18. The smallest absolute Gasteiger partial charge is 0.475 e. The van der Waals surface area contributed by atoms with E-state index in [0.29, 0.717) is 25.0 Å². The molecule has 3 atom stereocenters. The number of ether oxygens (including phenoxy) is 1. The Balaban J connectivity index is 0.000000345. The number of carboxylic acid groups (broad SMARTS) is 1. The van der Waals surface area contributed by atoms with Gasteiger partial charge in [0.2, 0.25) is 10.0 Å². The number of hydrogen-bond donors (Lipinski definition) is 2. The molecular formula is C16H23F3N2O5S2. The summed E-state index contributed by atoms with van der Waals surface area (Å²) in [6.45, 7) is 5.77. The van der Waals surface area contributed by atoms with Crippen molar-refractivity contribution in [2.75, 3.05) is 32.0 Å². The van der Waals surface area contributed by atoms with E-state index in [-0.39, 0.29) is 11.9 Å². The fourth-order valence-corrected chi connectivity index (χ4v) is 4.60. The van der Waals surface area contributed by atoms with Gasteiger partial charge in [-0.15, -0.1) is 11.3 Å². The molecule has 0 bridgehead atoms. The van der Waals surface area contributed by atoms with Crippen molar-refractivity contribution < 1.29 is 36.2 Å². The molecule has 12 heteroatoms. The Morgan fingerprint density at radius 2 is 2.11 bits per heavy atom.